The van der Waals surface area contributed by atoms with Crippen molar-refractivity contribution in [3.63, 3.8) is 0 Å². The van der Waals surface area contributed by atoms with Crippen LogP contribution in [0.4, 0.5) is 0 Å². The fourth-order valence-corrected chi connectivity index (χ4v) is 4.36. The Morgan fingerprint density at radius 2 is 2.04 bits per heavy atom. The van der Waals surface area contributed by atoms with Gasteiger partial charge in [0.25, 0.3) is 0 Å². The Hall–Kier alpha value is -1.16. The molecule has 2 fully saturated rings. The number of hydrogen-bond donors (Lipinski definition) is 2. The van der Waals surface area contributed by atoms with Gasteiger partial charge in [-0.2, -0.15) is 11.8 Å². The van der Waals surface area contributed by atoms with Crippen molar-refractivity contribution < 1.29 is 0 Å². The first kappa shape index (κ1) is 16.7. The van der Waals surface area contributed by atoms with E-state index in [0.717, 1.165) is 17.8 Å². The van der Waals surface area contributed by atoms with Crippen molar-refractivity contribution >= 4 is 17.7 Å². The molecule has 4 heteroatoms. The summed E-state index contributed by atoms with van der Waals surface area (Å²) in [5.41, 5.74) is 1.89. The van der Waals surface area contributed by atoms with Crippen LogP contribution in [0.1, 0.15) is 37.7 Å². The summed E-state index contributed by atoms with van der Waals surface area (Å²) in [4.78, 5) is 4.43. The molecule has 23 heavy (non-hydrogen) atoms. The van der Waals surface area contributed by atoms with E-state index < -0.39 is 0 Å². The SMILES string of the molecule is CN=C(NCC1(Cc2ccccc2)CC1)NC1CCC(SC)C1. The van der Waals surface area contributed by atoms with Gasteiger partial charge in [0.15, 0.2) is 5.96 Å². The molecule has 0 aliphatic heterocycles. The summed E-state index contributed by atoms with van der Waals surface area (Å²) in [6.45, 7) is 1.03. The molecule has 3 nitrogen and oxygen atoms in total. The van der Waals surface area contributed by atoms with Gasteiger partial charge in [-0.25, -0.2) is 0 Å². The maximum absolute atomic E-state index is 4.43. The van der Waals surface area contributed by atoms with Gasteiger partial charge in [0.2, 0.25) is 0 Å². The van der Waals surface area contributed by atoms with E-state index in [4.69, 9.17) is 0 Å². The maximum Gasteiger partial charge on any atom is 0.191 e. The van der Waals surface area contributed by atoms with Gasteiger partial charge in [-0.3, -0.25) is 4.99 Å². The van der Waals surface area contributed by atoms with E-state index in [1.54, 1.807) is 0 Å². The van der Waals surface area contributed by atoms with Crippen LogP contribution < -0.4 is 10.6 Å². The third-order valence-electron chi connectivity index (χ3n) is 5.29. The molecule has 0 saturated heterocycles. The van der Waals surface area contributed by atoms with E-state index in [1.807, 2.05) is 18.8 Å². The molecule has 1 aromatic carbocycles. The molecular formula is C19H29N3S. The molecule has 1 aromatic rings. The van der Waals surface area contributed by atoms with Crippen LogP contribution in [0.15, 0.2) is 35.3 Å². The number of thioether (sulfide) groups is 1. The summed E-state index contributed by atoms with van der Waals surface area (Å²) in [5.74, 6) is 0.982. The van der Waals surface area contributed by atoms with Crippen LogP contribution in [0, 0.1) is 5.41 Å². The first-order chi connectivity index (χ1) is 11.2. The van der Waals surface area contributed by atoms with Crippen LogP contribution in [0.25, 0.3) is 0 Å². The van der Waals surface area contributed by atoms with Gasteiger partial charge < -0.3 is 10.6 Å². The van der Waals surface area contributed by atoms with Gasteiger partial charge in [0, 0.05) is 24.9 Å². The smallest absolute Gasteiger partial charge is 0.191 e. The van der Waals surface area contributed by atoms with Crippen molar-refractivity contribution in [1.82, 2.24) is 10.6 Å². The Bertz CT molecular complexity index is 525. The summed E-state index contributed by atoms with van der Waals surface area (Å²) in [6, 6.07) is 11.4. The minimum absolute atomic E-state index is 0.441. The number of rotatable bonds is 6. The predicted molar refractivity (Wildman–Crippen MR) is 101 cm³/mol. The third-order valence-corrected chi connectivity index (χ3v) is 6.39. The second-order valence-corrected chi connectivity index (χ2v) is 8.24. The molecule has 0 heterocycles. The minimum Gasteiger partial charge on any atom is -0.356 e. The van der Waals surface area contributed by atoms with Crippen molar-refractivity contribution in [2.75, 3.05) is 19.8 Å². The largest absolute Gasteiger partial charge is 0.356 e. The summed E-state index contributed by atoms with van der Waals surface area (Å²) in [7, 11) is 1.88. The molecule has 0 bridgehead atoms. The zero-order valence-electron chi connectivity index (χ0n) is 14.3. The first-order valence-electron chi connectivity index (χ1n) is 8.77. The number of nitrogens with one attached hydrogen (secondary N) is 2. The Morgan fingerprint density at radius 3 is 2.65 bits per heavy atom. The zero-order valence-corrected chi connectivity index (χ0v) is 15.2. The highest BCUT2D eigenvalue weighted by atomic mass is 32.2. The molecule has 2 atom stereocenters. The monoisotopic (exact) mass is 331 g/mol. The molecule has 126 valence electrons. The van der Waals surface area contributed by atoms with Crippen molar-refractivity contribution in [3.8, 4) is 0 Å². The number of aliphatic imine (C=N–C) groups is 1. The molecule has 3 rings (SSSR count). The van der Waals surface area contributed by atoms with E-state index >= 15 is 0 Å². The van der Waals surface area contributed by atoms with E-state index in [2.05, 4.69) is 52.2 Å². The number of hydrogen-bond acceptors (Lipinski definition) is 2. The summed E-state index contributed by atoms with van der Waals surface area (Å²) >= 11 is 2.00. The van der Waals surface area contributed by atoms with Crippen molar-refractivity contribution in [3.05, 3.63) is 35.9 Å². The third kappa shape index (κ3) is 4.66. The molecule has 0 spiro atoms. The van der Waals surface area contributed by atoms with Gasteiger partial charge in [0.1, 0.15) is 0 Å². The lowest BCUT2D eigenvalue weighted by Crippen LogP contribution is -2.44. The topological polar surface area (TPSA) is 36.4 Å². The molecule has 0 aromatic heterocycles. The fourth-order valence-electron chi connectivity index (χ4n) is 3.57. The molecule has 2 unspecified atom stereocenters. The zero-order chi connectivity index (χ0) is 16.1. The number of nitrogens with zero attached hydrogens (tertiary/aromatic N) is 1. The lowest BCUT2D eigenvalue weighted by Gasteiger charge is -2.21. The highest BCUT2D eigenvalue weighted by molar-refractivity contribution is 7.99. The van der Waals surface area contributed by atoms with E-state index in [9.17, 15) is 0 Å². The van der Waals surface area contributed by atoms with Gasteiger partial charge in [0.05, 0.1) is 0 Å². The van der Waals surface area contributed by atoms with Crippen LogP contribution in [-0.4, -0.2) is 37.1 Å². The lowest BCUT2D eigenvalue weighted by atomic mass is 9.96. The Balaban J connectivity index is 1.47. The van der Waals surface area contributed by atoms with Crippen LogP contribution in [0.5, 0.6) is 0 Å². The van der Waals surface area contributed by atoms with Gasteiger partial charge in [-0.15, -0.1) is 0 Å². The van der Waals surface area contributed by atoms with E-state index in [1.165, 1.54) is 44.1 Å². The van der Waals surface area contributed by atoms with Gasteiger partial charge >= 0.3 is 0 Å². The highest BCUT2D eigenvalue weighted by Crippen LogP contribution is 2.47. The summed E-state index contributed by atoms with van der Waals surface area (Å²) in [6.07, 6.45) is 9.90. The molecule has 0 amide bonds. The maximum atomic E-state index is 4.43. The molecule has 2 N–H and O–H groups in total. The molecule has 0 radical (unpaired) electrons. The lowest BCUT2D eigenvalue weighted by molar-refractivity contribution is 0.488. The summed E-state index contributed by atoms with van der Waals surface area (Å²) < 4.78 is 0. The van der Waals surface area contributed by atoms with E-state index in [0.29, 0.717) is 11.5 Å². The van der Waals surface area contributed by atoms with Gasteiger partial charge in [-0.05, 0) is 55.8 Å². The summed E-state index contributed by atoms with van der Waals surface area (Å²) in [5, 5.41) is 8.02. The van der Waals surface area contributed by atoms with Gasteiger partial charge in [-0.1, -0.05) is 30.3 Å². The molecule has 2 saturated carbocycles. The number of benzene rings is 1. The van der Waals surface area contributed by atoms with E-state index in [-0.39, 0.29) is 0 Å². The Kier molecular flexibility index (Phi) is 5.52. The quantitative estimate of drug-likeness (QED) is 0.619. The van der Waals surface area contributed by atoms with Crippen LogP contribution in [0.2, 0.25) is 0 Å². The van der Waals surface area contributed by atoms with Crippen LogP contribution in [0.3, 0.4) is 0 Å². The Morgan fingerprint density at radius 1 is 1.26 bits per heavy atom. The molecule has 2 aliphatic carbocycles. The van der Waals surface area contributed by atoms with Crippen molar-refractivity contribution in [1.29, 1.82) is 0 Å². The second-order valence-electron chi connectivity index (χ2n) is 7.10. The molecular weight excluding hydrogens is 302 g/mol. The second kappa shape index (κ2) is 7.61. The highest BCUT2D eigenvalue weighted by Gasteiger charge is 2.42. The number of guanidine groups is 1. The molecule has 2 aliphatic rings. The fraction of sp³-hybridized carbons (Fsp3) is 0.632. The van der Waals surface area contributed by atoms with Crippen LogP contribution >= 0.6 is 11.8 Å². The normalized spacial score (nSPS) is 26.1. The Labute approximate surface area is 144 Å². The first-order valence-corrected chi connectivity index (χ1v) is 10.1. The van der Waals surface area contributed by atoms with Crippen molar-refractivity contribution in [2.24, 2.45) is 10.4 Å². The average Bonchev–Trinajstić information content (AvgIpc) is 3.19. The average molecular weight is 332 g/mol. The van der Waals surface area contributed by atoms with Crippen LogP contribution in [-0.2, 0) is 6.42 Å². The standard InChI is InChI=1S/C19H29N3S/c1-20-18(22-16-8-9-17(12-16)23-2)21-14-19(10-11-19)13-15-6-4-3-5-7-15/h3-7,16-17H,8-14H2,1-2H3,(H2,20,21,22). The predicted octanol–water partition coefficient (Wildman–Crippen LogP) is 3.46. The minimum atomic E-state index is 0.441. The van der Waals surface area contributed by atoms with Crippen molar-refractivity contribution in [2.45, 2.75) is 49.8 Å².